The Morgan fingerprint density at radius 3 is 2.67 bits per heavy atom. The second kappa shape index (κ2) is 6.41. The number of rotatable bonds is 4. The van der Waals surface area contributed by atoms with Crippen molar-refractivity contribution in [2.45, 2.75) is 50.6 Å². The Morgan fingerprint density at radius 2 is 1.90 bits per heavy atom. The molecule has 0 radical (unpaired) electrons. The zero-order chi connectivity index (χ0) is 14.8. The highest BCUT2D eigenvalue weighted by atomic mass is 19.3. The van der Waals surface area contributed by atoms with E-state index < -0.39 is 6.43 Å². The van der Waals surface area contributed by atoms with Crippen molar-refractivity contribution in [2.24, 2.45) is 11.7 Å². The first-order valence-electron chi connectivity index (χ1n) is 8.04. The van der Waals surface area contributed by atoms with Gasteiger partial charge in [-0.2, -0.15) is 0 Å². The van der Waals surface area contributed by atoms with E-state index in [1.165, 1.54) is 38.2 Å². The molecule has 3 atom stereocenters. The van der Waals surface area contributed by atoms with Crippen molar-refractivity contribution in [3.05, 3.63) is 35.4 Å². The molecule has 1 aliphatic heterocycles. The third-order valence-electron chi connectivity index (χ3n) is 5.22. The van der Waals surface area contributed by atoms with Crippen molar-refractivity contribution >= 4 is 0 Å². The Labute approximate surface area is 125 Å². The second-order valence-corrected chi connectivity index (χ2v) is 6.36. The van der Waals surface area contributed by atoms with Crippen molar-refractivity contribution in [3.8, 4) is 0 Å². The van der Waals surface area contributed by atoms with Crippen molar-refractivity contribution < 1.29 is 8.78 Å². The molecule has 2 aliphatic rings. The van der Waals surface area contributed by atoms with Gasteiger partial charge in [-0.05, 0) is 43.4 Å². The molecule has 0 bridgehead atoms. The van der Waals surface area contributed by atoms with Gasteiger partial charge in [0, 0.05) is 24.2 Å². The van der Waals surface area contributed by atoms with Crippen LogP contribution in [0.5, 0.6) is 0 Å². The van der Waals surface area contributed by atoms with Gasteiger partial charge in [-0.1, -0.05) is 31.0 Å². The monoisotopic (exact) mass is 294 g/mol. The van der Waals surface area contributed by atoms with Crippen molar-refractivity contribution in [1.82, 2.24) is 4.90 Å². The molecule has 1 heterocycles. The van der Waals surface area contributed by atoms with E-state index in [4.69, 9.17) is 5.73 Å². The van der Waals surface area contributed by atoms with Gasteiger partial charge in [-0.3, -0.25) is 4.90 Å². The van der Waals surface area contributed by atoms with Crippen LogP contribution >= 0.6 is 0 Å². The molecule has 4 heteroatoms. The summed E-state index contributed by atoms with van der Waals surface area (Å²) >= 11 is 0. The highest BCUT2D eigenvalue weighted by Crippen LogP contribution is 2.40. The molecular formula is C17H24F2N2. The zero-order valence-electron chi connectivity index (χ0n) is 12.3. The standard InChI is InChI=1S/C17H24F2N2/c18-17(19)14-6-3-5-13(10-14)16(11-20)21-9-8-12-4-1-2-7-15(12)21/h3,5-6,10,12,15-17H,1-2,4,7-9,11,20H2. The number of likely N-dealkylation sites (tertiary alicyclic amines) is 1. The number of hydrogen-bond acceptors (Lipinski definition) is 2. The Morgan fingerprint density at radius 1 is 1.14 bits per heavy atom. The molecule has 1 aliphatic carbocycles. The third-order valence-corrected chi connectivity index (χ3v) is 5.22. The number of nitrogens with zero attached hydrogens (tertiary/aromatic N) is 1. The summed E-state index contributed by atoms with van der Waals surface area (Å²) in [5.41, 5.74) is 7.05. The van der Waals surface area contributed by atoms with Crippen LogP contribution < -0.4 is 5.73 Å². The Balaban J connectivity index is 1.83. The SMILES string of the molecule is NCC(c1cccc(C(F)F)c1)N1CCC2CCCCC21. The molecule has 0 amide bonds. The van der Waals surface area contributed by atoms with E-state index in [9.17, 15) is 8.78 Å². The summed E-state index contributed by atoms with van der Waals surface area (Å²) in [5, 5.41) is 0. The van der Waals surface area contributed by atoms with Gasteiger partial charge in [0.2, 0.25) is 0 Å². The Bertz CT molecular complexity index is 478. The van der Waals surface area contributed by atoms with Crippen molar-refractivity contribution in [1.29, 1.82) is 0 Å². The fourth-order valence-electron chi connectivity index (χ4n) is 4.19. The van der Waals surface area contributed by atoms with Crippen LogP contribution in [0.4, 0.5) is 8.78 Å². The van der Waals surface area contributed by atoms with E-state index in [-0.39, 0.29) is 11.6 Å². The van der Waals surface area contributed by atoms with Crippen LogP contribution in [0.3, 0.4) is 0 Å². The first kappa shape index (κ1) is 14.9. The van der Waals surface area contributed by atoms with Crippen LogP contribution in [0.2, 0.25) is 0 Å². The van der Waals surface area contributed by atoms with Crippen molar-refractivity contribution in [3.63, 3.8) is 0 Å². The van der Waals surface area contributed by atoms with E-state index in [0.717, 1.165) is 18.0 Å². The summed E-state index contributed by atoms with van der Waals surface area (Å²) in [6.07, 6.45) is 3.99. The predicted molar refractivity (Wildman–Crippen MR) is 80.3 cm³/mol. The smallest absolute Gasteiger partial charge is 0.263 e. The predicted octanol–water partition coefficient (Wildman–Crippen LogP) is 3.89. The maximum atomic E-state index is 12.9. The summed E-state index contributed by atoms with van der Waals surface area (Å²) in [7, 11) is 0. The van der Waals surface area contributed by atoms with Gasteiger partial charge in [-0.15, -0.1) is 0 Å². The lowest BCUT2D eigenvalue weighted by Gasteiger charge is -2.37. The van der Waals surface area contributed by atoms with Gasteiger partial charge in [0.1, 0.15) is 0 Å². The summed E-state index contributed by atoms with van der Waals surface area (Å²) in [4.78, 5) is 2.48. The lowest BCUT2D eigenvalue weighted by atomic mass is 9.84. The fraction of sp³-hybridized carbons (Fsp3) is 0.647. The maximum Gasteiger partial charge on any atom is 0.263 e. The number of hydrogen-bond donors (Lipinski definition) is 1. The largest absolute Gasteiger partial charge is 0.329 e. The average molecular weight is 294 g/mol. The number of nitrogens with two attached hydrogens (primary N) is 1. The van der Waals surface area contributed by atoms with Crippen LogP contribution in [0.15, 0.2) is 24.3 Å². The Hall–Kier alpha value is -1.00. The molecular weight excluding hydrogens is 270 g/mol. The quantitative estimate of drug-likeness (QED) is 0.913. The highest BCUT2D eigenvalue weighted by Gasteiger charge is 2.39. The number of alkyl halides is 2. The topological polar surface area (TPSA) is 29.3 Å². The molecule has 3 unspecified atom stereocenters. The molecule has 0 aromatic heterocycles. The number of halogens is 2. The molecule has 1 aromatic rings. The summed E-state index contributed by atoms with van der Waals surface area (Å²) < 4.78 is 25.8. The van der Waals surface area contributed by atoms with Gasteiger partial charge in [0.05, 0.1) is 0 Å². The first-order valence-corrected chi connectivity index (χ1v) is 8.04. The Kier molecular flexibility index (Phi) is 4.55. The minimum absolute atomic E-state index is 0.0804. The van der Waals surface area contributed by atoms with E-state index in [1.54, 1.807) is 12.1 Å². The lowest BCUT2D eigenvalue weighted by molar-refractivity contribution is 0.134. The highest BCUT2D eigenvalue weighted by molar-refractivity contribution is 5.27. The van der Waals surface area contributed by atoms with Crippen LogP contribution in [0.25, 0.3) is 0 Å². The lowest BCUT2D eigenvalue weighted by Crippen LogP contribution is -2.40. The molecule has 1 saturated carbocycles. The van der Waals surface area contributed by atoms with E-state index in [1.807, 2.05) is 6.07 Å². The van der Waals surface area contributed by atoms with Gasteiger partial charge in [0.15, 0.2) is 0 Å². The third kappa shape index (κ3) is 2.97. The molecule has 21 heavy (non-hydrogen) atoms. The van der Waals surface area contributed by atoms with E-state index >= 15 is 0 Å². The van der Waals surface area contributed by atoms with Crippen LogP contribution in [-0.2, 0) is 0 Å². The van der Waals surface area contributed by atoms with Gasteiger partial charge < -0.3 is 5.73 Å². The van der Waals surface area contributed by atoms with Gasteiger partial charge in [0.25, 0.3) is 6.43 Å². The van der Waals surface area contributed by atoms with E-state index in [0.29, 0.717) is 12.6 Å². The molecule has 3 rings (SSSR count). The van der Waals surface area contributed by atoms with Gasteiger partial charge in [-0.25, -0.2) is 8.78 Å². The molecule has 2 fully saturated rings. The number of fused-ring (bicyclic) bond motifs is 1. The van der Waals surface area contributed by atoms with Crippen LogP contribution in [0, 0.1) is 5.92 Å². The van der Waals surface area contributed by atoms with Crippen molar-refractivity contribution in [2.75, 3.05) is 13.1 Å². The van der Waals surface area contributed by atoms with Crippen LogP contribution in [-0.4, -0.2) is 24.0 Å². The molecule has 0 spiro atoms. The molecule has 1 aromatic carbocycles. The maximum absolute atomic E-state index is 12.9. The molecule has 2 nitrogen and oxygen atoms in total. The second-order valence-electron chi connectivity index (χ2n) is 6.36. The number of benzene rings is 1. The summed E-state index contributed by atoms with van der Waals surface area (Å²) in [6, 6.07) is 7.49. The van der Waals surface area contributed by atoms with Gasteiger partial charge >= 0.3 is 0 Å². The zero-order valence-corrected chi connectivity index (χ0v) is 12.3. The minimum atomic E-state index is -2.41. The molecule has 116 valence electrons. The van der Waals surface area contributed by atoms with Crippen LogP contribution in [0.1, 0.15) is 55.7 Å². The summed E-state index contributed by atoms with van der Waals surface area (Å²) in [6.45, 7) is 1.55. The first-order chi connectivity index (χ1) is 10.2. The van der Waals surface area contributed by atoms with E-state index in [2.05, 4.69) is 4.90 Å². The molecule has 2 N–H and O–H groups in total. The molecule has 1 saturated heterocycles. The normalized spacial score (nSPS) is 27.8. The average Bonchev–Trinajstić information content (AvgIpc) is 2.93. The minimum Gasteiger partial charge on any atom is -0.329 e. The fourth-order valence-corrected chi connectivity index (χ4v) is 4.19. The summed E-state index contributed by atoms with van der Waals surface area (Å²) in [5.74, 6) is 0.783.